The summed E-state index contributed by atoms with van der Waals surface area (Å²) < 4.78 is 7.37. The molecular formula is C20H28N6O2. The molecule has 0 N–H and O–H groups in total. The van der Waals surface area contributed by atoms with Crippen LogP contribution in [0.3, 0.4) is 0 Å². The first-order valence-electron chi connectivity index (χ1n) is 9.78. The molecule has 150 valence electrons. The number of amides is 1. The summed E-state index contributed by atoms with van der Waals surface area (Å²) in [5, 5.41) is 4.51. The fourth-order valence-electron chi connectivity index (χ4n) is 4.14. The molecule has 8 nitrogen and oxygen atoms in total. The lowest BCUT2D eigenvalue weighted by molar-refractivity contribution is 0.0282. The molecule has 2 saturated heterocycles. The van der Waals surface area contributed by atoms with Crippen LogP contribution in [0.25, 0.3) is 5.82 Å². The number of hydrogen-bond donors (Lipinski definition) is 0. The Morgan fingerprint density at radius 2 is 1.68 bits per heavy atom. The number of hydrogen-bond acceptors (Lipinski definition) is 6. The van der Waals surface area contributed by atoms with E-state index in [4.69, 9.17) is 4.74 Å². The Morgan fingerprint density at radius 3 is 2.25 bits per heavy atom. The first kappa shape index (κ1) is 18.7. The van der Waals surface area contributed by atoms with E-state index in [0.29, 0.717) is 11.8 Å². The summed E-state index contributed by atoms with van der Waals surface area (Å²) in [4.78, 5) is 25.3. The van der Waals surface area contributed by atoms with Gasteiger partial charge in [0.15, 0.2) is 5.82 Å². The molecule has 0 aromatic carbocycles. The number of carbonyl (C=O) groups excluding carboxylic acids is 1. The molecule has 0 bridgehead atoms. The number of rotatable bonds is 2. The Bertz CT molecular complexity index is 873. The number of ether oxygens (including phenoxy) is 1. The van der Waals surface area contributed by atoms with E-state index in [1.165, 1.54) is 0 Å². The number of aromatic nitrogens is 4. The van der Waals surface area contributed by atoms with E-state index in [-0.39, 0.29) is 6.09 Å². The minimum absolute atomic E-state index is 0.206. The molecular weight excluding hydrogens is 356 g/mol. The van der Waals surface area contributed by atoms with Crippen LogP contribution in [-0.2, 0) is 4.74 Å². The summed E-state index contributed by atoms with van der Waals surface area (Å²) >= 11 is 0. The van der Waals surface area contributed by atoms with Crippen molar-refractivity contribution in [3.63, 3.8) is 0 Å². The van der Waals surface area contributed by atoms with Gasteiger partial charge in [-0.05, 0) is 40.7 Å². The van der Waals surface area contributed by atoms with E-state index < -0.39 is 5.60 Å². The summed E-state index contributed by atoms with van der Waals surface area (Å²) in [6.45, 7) is 13.0. The first-order chi connectivity index (χ1) is 13.2. The van der Waals surface area contributed by atoms with Gasteiger partial charge >= 0.3 is 6.09 Å². The fraction of sp³-hybridized carbons (Fsp3) is 0.600. The smallest absolute Gasteiger partial charge is 0.410 e. The predicted octanol–water partition coefficient (Wildman–Crippen LogP) is 2.58. The molecule has 28 heavy (non-hydrogen) atoms. The van der Waals surface area contributed by atoms with E-state index >= 15 is 0 Å². The topological polar surface area (TPSA) is 76.4 Å². The molecule has 0 spiro atoms. The number of fused-ring (bicyclic) bond motifs is 1. The second-order valence-corrected chi connectivity index (χ2v) is 8.88. The lowest BCUT2D eigenvalue weighted by atomic mass is 10.0. The highest BCUT2D eigenvalue weighted by atomic mass is 16.6. The Balaban J connectivity index is 1.44. The van der Waals surface area contributed by atoms with Crippen molar-refractivity contribution >= 4 is 11.9 Å². The number of likely N-dealkylation sites (tertiary alicyclic amines) is 1. The monoisotopic (exact) mass is 384 g/mol. The number of nitrogens with zero attached hydrogens (tertiary/aromatic N) is 6. The van der Waals surface area contributed by atoms with Crippen LogP contribution in [0.1, 0.15) is 32.2 Å². The SMILES string of the molecule is Cc1cc(C)n(-c2cc(N3CC4CN(C(=O)OC(C)(C)C)CC4C3)ncn2)n1. The second kappa shape index (κ2) is 6.76. The van der Waals surface area contributed by atoms with Crippen molar-refractivity contribution in [1.29, 1.82) is 0 Å². The molecule has 8 heteroatoms. The molecule has 0 saturated carbocycles. The zero-order valence-corrected chi connectivity index (χ0v) is 17.2. The highest BCUT2D eigenvalue weighted by molar-refractivity contribution is 5.68. The van der Waals surface area contributed by atoms with E-state index in [1.54, 1.807) is 6.33 Å². The zero-order chi connectivity index (χ0) is 20.1. The van der Waals surface area contributed by atoms with Crippen LogP contribution in [0.5, 0.6) is 0 Å². The van der Waals surface area contributed by atoms with Crippen molar-refractivity contribution in [1.82, 2.24) is 24.6 Å². The quantitative estimate of drug-likeness (QED) is 0.792. The maximum absolute atomic E-state index is 12.3. The van der Waals surface area contributed by atoms with Crippen molar-refractivity contribution < 1.29 is 9.53 Å². The van der Waals surface area contributed by atoms with E-state index in [0.717, 1.165) is 49.2 Å². The van der Waals surface area contributed by atoms with Crippen molar-refractivity contribution in [2.24, 2.45) is 11.8 Å². The largest absolute Gasteiger partial charge is 0.444 e. The molecule has 1 amide bonds. The minimum Gasteiger partial charge on any atom is -0.444 e. The van der Waals surface area contributed by atoms with Gasteiger partial charge in [0.2, 0.25) is 0 Å². The lowest BCUT2D eigenvalue weighted by Gasteiger charge is -2.26. The summed E-state index contributed by atoms with van der Waals surface area (Å²) in [6.07, 6.45) is 1.39. The molecule has 4 heterocycles. The summed E-state index contributed by atoms with van der Waals surface area (Å²) in [6, 6.07) is 4.03. The van der Waals surface area contributed by atoms with Crippen LogP contribution in [-0.4, -0.2) is 62.5 Å². The lowest BCUT2D eigenvalue weighted by Crippen LogP contribution is -2.37. The van der Waals surface area contributed by atoms with Crippen molar-refractivity contribution in [3.8, 4) is 5.82 Å². The van der Waals surface area contributed by atoms with Crippen LogP contribution < -0.4 is 4.90 Å². The van der Waals surface area contributed by atoms with Gasteiger partial charge in [-0.1, -0.05) is 0 Å². The number of carbonyl (C=O) groups is 1. The van der Waals surface area contributed by atoms with E-state index in [9.17, 15) is 4.79 Å². The molecule has 2 unspecified atom stereocenters. The summed E-state index contributed by atoms with van der Waals surface area (Å²) in [7, 11) is 0. The van der Waals surface area contributed by atoms with Gasteiger partial charge in [0.05, 0.1) is 5.69 Å². The molecule has 2 aromatic heterocycles. The standard InChI is InChI=1S/C20H28N6O2/c1-13-6-14(2)26(23-13)18-7-17(21-12-22-18)24-8-15-10-25(11-16(15)9-24)19(27)28-20(3,4)5/h6-7,12,15-16H,8-11H2,1-5H3. The summed E-state index contributed by atoms with van der Waals surface area (Å²) in [5.41, 5.74) is 1.56. The van der Waals surface area contributed by atoms with E-state index in [2.05, 4.69) is 20.0 Å². The second-order valence-electron chi connectivity index (χ2n) is 8.88. The van der Waals surface area contributed by atoms with Gasteiger partial charge in [0.25, 0.3) is 0 Å². The first-order valence-corrected chi connectivity index (χ1v) is 9.78. The van der Waals surface area contributed by atoms with Gasteiger partial charge in [-0.15, -0.1) is 0 Å². The van der Waals surface area contributed by atoms with Crippen LogP contribution in [0.15, 0.2) is 18.5 Å². The normalized spacial score (nSPS) is 21.9. The zero-order valence-electron chi connectivity index (χ0n) is 17.2. The molecule has 2 aromatic rings. The van der Waals surface area contributed by atoms with Gasteiger partial charge in [0, 0.05) is 49.8 Å². The molecule has 0 aliphatic carbocycles. The Morgan fingerprint density at radius 1 is 1.04 bits per heavy atom. The maximum Gasteiger partial charge on any atom is 0.410 e. The molecule has 2 fully saturated rings. The molecule has 2 atom stereocenters. The maximum atomic E-state index is 12.3. The van der Waals surface area contributed by atoms with Gasteiger partial charge in [-0.3, -0.25) is 0 Å². The average molecular weight is 384 g/mol. The van der Waals surface area contributed by atoms with Crippen molar-refractivity contribution in [2.45, 2.75) is 40.2 Å². The van der Waals surface area contributed by atoms with Gasteiger partial charge < -0.3 is 14.5 Å². The van der Waals surface area contributed by atoms with E-state index in [1.807, 2.05) is 56.3 Å². The molecule has 0 radical (unpaired) electrons. The summed E-state index contributed by atoms with van der Waals surface area (Å²) in [5.74, 6) is 2.58. The minimum atomic E-state index is -0.457. The van der Waals surface area contributed by atoms with Crippen LogP contribution >= 0.6 is 0 Å². The van der Waals surface area contributed by atoms with Crippen LogP contribution in [0.2, 0.25) is 0 Å². The number of anilines is 1. The Hall–Kier alpha value is -2.64. The molecule has 4 rings (SSSR count). The molecule has 2 aliphatic rings. The third-order valence-corrected chi connectivity index (χ3v) is 5.33. The van der Waals surface area contributed by atoms with Crippen LogP contribution in [0.4, 0.5) is 10.6 Å². The Kier molecular flexibility index (Phi) is 4.51. The van der Waals surface area contributed by atoms with Crippen molar-refractivity contribution in [2.75, 3.05) is 31.1 Å². The third-order valence-electron chi connectivity index (χ3n) is 5.33. The van der Waals surface area contributed by atoms with Crippen LogP contribution in [0, 0.1) is 25.7 Å². The Labute approximate surface area is 165 Å². The molecule has 2 aliphatic heterocycles. The third kappa shape index (κ3) is 3.68. The van der Waals surface area contributed by atoms with Gasteiger partial charge in [0.1, 0.15) is 17.7 Å². The highest BCUT2D eigenvalue weighted by Gasteiger charge is 2.43. The average Bonchev–Trinajstić information content (AvgIpc) is 3.26. The predicted molar refractivity (Wildman–Crippen MR) is 106 cm³/mol. The van der Waals surface area contributed by atoms with Gasteiger partial charge in [-0.2, -0.15) is 5.10 Å². The highest BCUT2D eigenvalue weighted by Crippen LogP contribution is 2.34. The van der Waals surface area contributed by atoms with Crippen molar-refractivity contribution in [3.05, 3.63) is 29.8 Å². The van der Waals surface area contributed by atoms with Gasteiger partial charge in [-0.25, -0.2) is 19.4 Å². The number of aryl methyl sites for hydroxylation is 2. The fourth-order valence-corrected chi connectivity index (χ4v) is 4.14.